The van der Waals surface area contributed by atoms with E-state index in [4.69, 9.17) is 5.73 Å². The van der Waals surface area contributed by atoms with Crippen LogP contribution in [0.5, 0.6) is 0 Å². The molecule has 2 N–H and O–H groups in total. The van der Waals surface area contributed by atoms with Gasteiger partial charge in [0.15, 0.2) is 0 Å². The van der Waals surface area contributed by atoms with Gasteiger partial charge in [-0.1, -0.05) is 49.2 Å². The van der Waals surface area contributed by atoms with Crippen LogP contribution in [0.3, 0.4) is 0 Å². The Morgan fingerprint density at radius 3 is 2.05 bits per heavy atom. The number of hydrogen-bond donors (Lipinski definition) is 1. The molecule has 1 saturated carbocycles. The molecule has 21 heavy (non-hydrogen) atoms. The number of benzene rings is 2. The normalized spacial score (nSPS) is 22.9. The van der Waals surface area contributed by atoms with Crippen LogP contribution in [0.4, 0.5) is 0 Å². The lowest BCUT2D eigenvalue weighted by Gasteiger charge is -2.33. The van der Waals surface area contributed by atoms with Crippen molar-refractivity contribution in [2.45, 2.75) is 31.7 Å². The second-order valence-corrected chi connectivity index (χ2v) is 6.25. The van der Waals surface area contributed by atoms with E-state index in [0.717, 1.165) is 6.54 Å². The highest BCUT2D eigenvalue weighted by Gasteiger charge is 2.27. The second-order valence-electron chi connectivity index (χ2n) is 6.25. The van der Waals surface area contributed by atoms with Crippen molar-refractivity contribution < 1.29 is 0 Å². The Labute approximate surface area is 125 Å². The average Bonchev–Trinajstić information content (AvgIpc) is 2.89. The van der Waals surface area contributed by atoms with Crippen molar-refractivity contribution in [3.05, 3.63) is 48.5 Å². The smallest absolute Gasteiger partial charge is 0.0494 e. The van der Waals surface area contributed by atoms with E-state index in [1.807, 2.05) is 0 Å². The number of hydrogen-bond acceptors (Lipinski definition) is 1. The maximum absolute atomic E-state index is 6.07. The summed E-state index contributed by atoms with van der Waals surface area (Å²) < 4.78 is 2.57. The standard InChI is InChI=1S/C19H22N2/c20-13-14-7-1-4-10-17(14)21-18-11-5-2-8-15(18)16-9-3-6-12-19(16)21/h2-3,5-6,8-9,11-12,14,17H,1,4,7,10,13,20H2. The minimum Gasteiger partial charge on any atom is -0.337 e. The van der Waals surface area contributed by atoms with Gasteiger partial charge >= 0.3 is 0 Å². The third kappa shape index (κ3) is 1.97. The number of rotatable bonds is 2. The number of nitrogens with two attached hydrogens (primary N) is 1. The highest BCUT2D eigenvalue weighted by molar-refractivity contribution is 6.08. The van der Waals surface area contributed by atoms with E-state index >= 15 is 0 Å². The van der Waals surface area contributed by atoms with E-state index in [1.54, 1.807) is 0 Å². The Morgan fingerprint density at radius 1 is 0.857 bits per heavy atom. The number of para-hydroxylation sites is 2. The highest BCUT2D eigenvalue weighted by atomic mass is 15.0. The molecule has 0 radical (unpaired) electrons. The Kier molecular flexibility index (Phi) is 3.19. The lowest BCUT2D eigenvalue weighted by molar-refractivity contribution is 0.255. The van der Waals surface area contributed by atoms with Gasteiger partial charge in [0.05, 0.1) is 0 Å². The van der Waals surface area contributed by atoms with Crippen LogP contribution in [0.2, 0.25) is 0 Å². The summed E-state index contributed by atoms with van der Waals surface area (Å²) in [6, 6.07) is 18.1. The van der Waals surface area contributed by atoms with E-state index in [0.29, 0.717) is 12.0 Å². The molecule has 0 amide bonds. The lowest BCUT2D eigenvalue weighted by Crippen LogP contribution is -2.29. The summed E-state index contributed by atoms with van der Waals surface area (Å²) in [6.07, 6.45) is 5.17. The number of fused-ring (bicyclic) bond motifs is 3. The first kappa shape index (κ1) is 12.9. The first-order valence-corrected chi connectivity index (χ1v) is 8.08. The van der Waals surface area contributed by atoms with Crippen LogP contribution < -0.4 is 5.73 Å². The Bertz CT molecular complexity index is 718. The number of aromatic nitrogens is 1. The zero-order chi connectivity index (χ0) is 14.2. The summed E-state index contributed by atoms with van der Waals surface area (Å²) in [4.78, 5) is 0. The SMILES string of the molecule is NCC1CCCCC1n1c2ccccc2c2ccccc21. The van der Waals surface area contributed by atoms with Gasteiger partial charge in [0, 0.05) is 27.8 Å². The molecule has 3 aromatic rings. The van der Waals surface area contributed by atoms with Crippen molar-refractivity contribution in [2.75, 3.05) is 6.54 Å². The van der Waals surface area contributed by atoms with Gasteiger partial charge in [0.25, 0.3) is 0 Å². The fourth-order valence-corrected chi connectivity index (χ4v) is 4.11. The zero-order valence-electron chi connectivity index (χ0n) is 12.3. The fraction of sp³-hybridized carbons (Fsp3) is 0.368. The number of nitrogens with zero attached hydrogens (tertiary/aromatic N) is 1. The van der Waals surface area contributed by atoms with Crippen LogP contribution in [0.25, 0.3) is 21.8 Å². The molecular weight excluding hydrogens is 256 g/mol. The predicted molar refractivity (Wildman–Crippen MR) is 89.5 cm³/mol. The summed E-state index contributed by atoms with van der Waals surface area (Å²) in [5.74, 6) is 0.609. The molecule has 2 heteroatoms. The molecule has 4 rings (SSSR count). The average molecular weight is 278 g/mol. The first-order chi connectivity index (χ1) is 10.4. The van der Waals surface area contributed by atoms with E-state index in [-0.39, 0.29) is 0 Å². The van der Waals surface area contributed by atoms with Crippen LogP contribution >= 0.6 is 0 Å². The van der Waals surface area contributed by atoms with Crippen molar-refractivity contribution in [3.63, 3.8) is 0 Å². The van der Waals surface area contributed by atoms with Gasteiger partial charge in [-0.15, -0.1) is 0 Å². The van der Waals surface area contributed by atoms with E-state index in [2.05, 4.69) is 53.1 Å². The molecule has 0 aliphatic heterocycles. The van der Waals surface area contributed by atoms with Crippen molar-refractivity contribution in [2.24, 2.45) is 11.7 Å². The molecule has 2 atom stereocenters. The van der Waals surface area contributed by atoms with Crippen LogP contribution in [0.15, 0.2) is 48.5 Å². The molecule has 1 heterocycles. The van der Waals surface area contributed by atoms with Gasteiger partial charge in [0.2, 0.25) is 0 Å². The molecular formula is C19H22N2. The van der Waals surface area contributed by atoms with E-state index in [1.165, 1.54) is 47.5 Å². The van der Waals surface area contributed by atoms with Gasteiger partial charge in [-0.05, 0) is 37.4 Å². The van der Waals surface area contributed by atoms with Gasteiger partial charge in [-0.3, -0.25) is 0 Å². The Balaban J connectivity index is 2.01. The van der Waals surface area contributed by atoms with Crippen LogP contribution in [0, 0.1) is 5.92 Å². The van der Waals surface area contributed by atoms with E-state index in [9.17, 15) is 0 Å². The molecule has 1 aliphatic carbocycles. The molecule has 0 saturated heterocycles. The second kappa shape index (κ2) is 5.19. The maximum Gasteiger partial charge on any atom is 0.0494 e. The van der Waals surface area contributed by atoms with Crippen molar-refractivity contribution in [1.82, 2.24) is 4.57 Å². The lowest BCUT2D eigenvalue weighted by atomic mass is 9.84. The van der Waals surface area contributed by atoms with Gasteiger partial charge in [0.1, 0.15) is 0 Å². The summed E-state index contributed by atoms with van der Waals surface area (Å²) in [6.45, 7) is 0.797. The molecule has 2 aromatic carbocycles. The summed E-state index contributed by atoms with van der Waals surface area (Å²) in [7, 11) is 0. The van der Waals surface area contributed by atoms with Crippen molar-refractivity contribution in [1.29, 1.82) is 0 Å². The Morgan fingerprint density at radius 2 is 1.43 bits per heavy atom. The molecule has 2 nitrogen and oxygen atoms in total. The van der Waals surface area contributed by atoms with Crippen molar-refractivity contribution >= 4 is 21.8 Å². The quantitative estimate of drug-likeness (QED) is 0.736. The van der Waals surface area contributed by atoms with Crippen LogP contribution in [-0.2, 0) is 0 Å². The van der Waals surface area contributed by atoms with Crippen LogP contribution in [0.1, 0.15) is 31.7 Å². The summed E-state index contributed by atoms with van der Waals surface area (Å²) in [5, 5.41) is 2.74. The topological polar surface area (TPSA) is 30.9 Å². The van der Waals surface area contributed by atoms with Crippen molar-refractivity contribution in [3.8, 4) is 0 Å². The Hall–Kier alpha value is -1.80. The molecule has 1 aliphatic rings. The largest absolute Gasteiger partial charge is 0.337 e. The zero-order valence-corrected chi connectivity index (χ0v) is 12.3. The van der Waals surface area contributed by atoms with Gasteiger partial charge in [-0.25, -0.2) is 0 Å². The van der Waals surface area contributed by atoms with E-state index < -0.39 is 0 Å². The minimum atomic E-state index is 0.550. The molecule has 1 fully saturated rings. The third-order valence-corrected chi connectivity index (χ3v) is 5.12. The first-order valence-electron chi connectivity index (χ1n) is 8.08. The molecule has 0 bridgehead atoms. The van der Waals surface area contributed by atoms with Gasteiger partial charge in [-0.2, -0.15) is 0 Å². The van der Waals surface area contributed by atoms with Crippen LogP contribution in [-0.4, -0.2) is 11.1 Å². The van der Waals surface area contributed by atoms with Gasteiger partial charge < -0.3 is 10.3 Å². The highest BCUT2D eigenvalue weighted by Crippen LogP contribution is 2.39. The fourth-order valence-electron chi connectivity index (χ4n) is 4.11. The molecule has 1 aromatic heterocycles. The maximum atomic E-state index is 6.07. The monoisotopic (exact) mass is 278 g/mol. The molecule has 0 spiro atoms. The molecule has 108 valence electrons. The summed E-state index contributed by atoms with van der Waals surface area (Å²) >= 11 is 0. The third-order valence-electron chi connectivity index (χ3n) is 5.12. The summed E-state index contributed by atoms with van der Waals surface area (Å²) in [5.41, 5.74) is 8.80. The minimum absolute atomic E-state index is 0.550. The molecule has 2 unspecified atom stereocenters. The predicted octanol–water partition coefficient (Wildman–Crippen LogP) is 4.48.